The molecule has 3 aromatic heterocycles. The predicted molar refractivity (Wildman–Crippen MR) is 180 cm³/mol. The summed E-state index contributed by atoms with van der Waals surface area (Å²) in [5.41, 5.74) is 8.70. The van der Waals surface area contributed by atoms with E-state index in [1.807, 2.05) is 0 Å². The van der Waals surface area contributed by atoms with Gasteiger partial charge in [-0.15, -0.1) is 11.3 Å². The van der Waals surface area contributed by atoms with Crippen LogP contribution in [0.2, 0.25) is 0 Å². The predicted octanol–water partition coefficient (Wildman–Crippen LogP) is 5.72. The van der Waals surface area contributed by atoms with Crippen LogP contribution in [0.25, 0.3) is 32.2 Å². The SMILES string of the molecule is N#Cc1c(N)sc2c(F)cnc(-c3c4c(c5c(N6C7CCC6CNC7)nc(OCC6(CN7CCC(=CF)CC7)CC6)nc5c3F)COC4)c12. The standard InChI is InChI=1S/C35H35F3N8O2S/c36-9-18-3-7-45(8-4-18)16-35(5-6-35)17-48-34-43-30-27(33(44-34)46-19-1-2-20(46)12-41-11-19)23-15-47-14-22(23)25(28(30)38)29-26-21(10-39)32(40)49-31(26)24(37)13-42-29/h9,13,19-20,41H,1-8,11-12,14-17,40H2. The molecule has 4 fully saturated rings. The van der Waals surface area contributed by atoms with Gasteiger partial charge in [0.25, 0.3) is 0 Å². The van der Waals surface area contributed by atoms with E-state index >= 15 is 4.39 Å². The zero-order valence-corrected chi connectivity index (χ0v) is 27.6. The first-order chi connectivity index (χ1) is 23.9. The fourth-order valence-corrected chi connectivity index (χ4v) is 9.25. The van der Waals surface area contributed by atoms with Crippen molar-refractivity contribution in [2.45, 2.75) is 63.8 Å². The normalized spacial score (nSPS) is 22.9. The number of thiophene rings is 1. The van der Waals surface area contributed by atoms with Crippen LogP contribution in [0.5, 0.6) is 6.01 Å². The zero-order chi connectivity index (χ0) is 33.4. The van der Waals surface area contributed by atoms with Crippen molar-refractivity contribution in [1.82, 2.24) is 25.2 Å². The van der Waals surface area contributed by atoms with E-state index in [2.05, 4.69) is 26.2 Å². The van der Waals surface area contributed by atoms with Gasteiger partial charge in [0.1, 0.15) is 22.4 Å². The molecule has 2 bridgehead atoms. The van der Waals surface area contributed by atoms with E-state index in [0.29, 0.717) is 23.4 Å². The molecule has 254 valence electrons. The molecule has 0 spiro atoms. The number of aromatic nitrogens is 3. The van der Waals surface area contributed by atoms with Crippen molar-refractivity contribution >= 4 is 43.1 Å². The average Bonchev–Trinajstić information content (AvgIpc) is 3.41. The van der Waals surface area contributed by atoms with Gasteiger partial charge in [-0.2, -0.15) is 15.2 Å². The number of nitrogens with two attached hydrogens (primary N) is 1. The number of rotatable bonds is 7. The third kappa shape index (κ3) is 5.04. The molecule has 1 aliphatic carbocycles. The van der Waals surface area contributed by atoms with Crippen LogP contribution in [0, 0.1) is 28.4 Å². The van der Waals surface area contributed by atoms with Crippen LogP contribution in [0.1, 0.15) is 55.2 Å². The third-order valence-electron chi connectivity index (χ3n) is 11.1. The lowest BCUT2D eigenvalue weighted by atomic mass is 9.93. The fraction of sp³-hybridized carbons (Fsp3) is 0.486. The molecule has 5 aliphatic rings. The highest BCUT2D eigenvalue weighted by Gasteiger charge is 2.46. The van der Waals surface area contributed by atoms with Gasteiger partial charge in [0.15, 0.2) is 11.6 Å². The Labute approximate surface area is 284 Å². The number of likely N-dealkylation sites (tertiary alicyclic amines) is 1. The number of pyridine rings is 1. The number of hydrogen-bond acceptors (Lipinski definition) is 11. The summed E-state index contributed by atoms with van der Waals surface area (Å²) < 4.78 is 57.9. The van der Waals surface area contributed by atoms with Gasteiger partial charge in [0.2, 0.25) is 0 Å². The number of nitrogen functional groups attached to an aromatic ring is 1. The van der Waals surface area contributed by atoms with E-state index in [-0.39, 0.29) is 74.1 Å². The quantitative estimate of drug-likeness (QED) is 0.249. The van der Waals surface area contributed by atoms with Gasteiger partial charge in [-0.25, -0.2) is 13.2 Å². The summed E-state index contributed by atoms with van der Waals surface area (Å²) in [6, 6.07) is 2.55. The number of benzene rings is 1. The number of fused-ring (bicyclic) bond motifs is 6. The number of halogens is 3. The number of nitrogens with zero attached hydrogens (tertiary/aromatic N) is 6. The fourth-order valence-electron chi connectivity index (χ4n) is 8.33. The van der Waals surface area contributed by atoms with E-state index in [9.17, 15) is 14.0 Å². The lowest BCUT2D eigenvalue weighted by Gasteiger charge is -2.37. The number of piperazine rings is 1. The molecular weight excluding hydrogens is 654 g/mol. The topological polar surface area (TPSA) is 125 Å². The molecule has 4 aliphatic heterocycles. The van der Waals surface area contributed by atoms with Crippen LogP contribution < -0.4 is 20.7 Å². The van der Waals surface area contributed by atoms with Gasteiger partial charge in [0.05, 0.1) is 53.7 Å². The third-order valence-corrected chi connectivity index (χ3v) is 12.1. The van der Waals surface area contributed by atoms with Crippen molar-refractivity contribution < 1.29 is 22.6 Å². The lowest BCUT2D eigenvalue weighted by Crippen LogP contribution is -2.52. The van der Waals surface area contributed by atoms with Gasteiger partial charge in [-0.1, -0.05) is 0 Å². The van der Waals surface area contributed by atoms with Crippen molar-refractivity contribution in [3.63, 3.8) is 0 Å². The number of nitrogens with one attached hydrogen (secondary N) is 1. The first kappa shape index (κ1) is 31.0. The highest BCUT2D eigenvalue weighted by molar-refractivity contribution is 7.23. The maximum Gasteiger partial charge on any atom is 0.319 e. The Kier molecular flexibility index (Phi) is 7.46. The second-order valence-electron chi connectivity index (χ2n) is 14.1. The number of ether oxygens (including phenoxy) is 2. The number of hydrogen-bond donors (Lipinski definition) is 2. The summed E-state index contributed by atoms with van der Waals surface area (Å²) in [7, 11) is 0. The Morgan fingerprint density at radius 2 is 1.88 bits per heavy atom. The van der Waals surface area contributed by atoms with E-state index in [4.69, 9.17) is 25.2 Å². The molecule has 2 unspecified atom stereocenters. The highest BCUT2D eigenvalue weighted by Crippen LogP contribution is 2.49. The molecule has 0 amide bonds. The van der Waals surface area contributed by atoms with Gasteiger partial charge in [-0.3, -0.25) is 4.98 Å². The molecule has 1 aromatic carbocycles. The molecule has 7 heterocycles. The van der Waals surface area contributed by atoms with E-state index in [1.54, 1.807) is 0 Å². The summed E-state index contributed by atoms with van der Waals surface area (Å²) in [5.74, 6) is -0.629. The second kappa shape index (κ2) is 11.8. The Morgan fingerprint density at radius 1 is 1.12 bits per heavy atom. The molecule has 49 heavy (non-hydrogen) atoms. The molecular formula is C35H35F3N8O2S. The van der Waals surface area contributed by atoms with Crippen LogP contribution in [-0.4, -0.2) is 71.3 Å². The maximum absolute atomic E-state index is 17.4. The van der Waals surface area contributed by atoms with Crippen molar-refractivity contribution in [2.24, 2.45) is 5.41 Å². The minimum absolute atomic E-state index is 0.0603. The average molecular weight is 689 g/mol. The van der Waals surface area contributed by atoms with Gasteiger partial charge < -0.3 is 30.3 Å². The number of anilines is 2. The Morgan fingerprint density at radius 3 is 2.59 bits per heavy atom. The Bertz CT molecular complexity index is 2070. The van der Waals surface area contributed by atoms with E-state index in [1.165, 1.54) is 0 Å². The minimum atomic E-state index is -0.643. The van der Waals surface area contributed by atoms with Gasteiger partial charge >= 0.3 is 6.01 Å². The number of nitriles is 1. The van der Waals surface area contributed by atoms with Crippen LogP contribution in [0.15, 0.2) is 18.1 Å². The van der Waals surface area contributed by atoms with Crippen LogP contribution >= 0.6 is 11.3 Å². The zero-order valence-electron chi connectivity index (χ0n) is 26.8. The maximum atomic E-state index is 17.4. The first-order valence-corrected chi connectivity index (χ1v) is 17.7. The summed E-state index contributed by atoms with van der Waals surface area (Å²) in [4.78, 5) is 18.8. The highest BCUT2D eigenvalue weighted by atomic mass is 32.1. The van der Waals surface area contributed by atoms with E-state index < -0.39 is 11.6 Å². The molecule has 0 radical (unpaired) electrons. The summed E-state index contributed by atoms with van der Waals surface area (Å²) in [6.07, 6.45) is 7.23. The largest absolute Gasteiger partial charge is 0.463 e. The molecule has 4 aromatic rings. The summed E-state index contributed by atoms with van der Waals surface area (Å²) in [6.45, 7) is 4.79. The van der Waals surface area contributed by atoms with Gasteiger partial charge in [0, 0.05) is 61.2 Å². The molecule has 3 N–H and O–H groups in total. The second-order valence-corrected chi connectivity index (χ2v) is 15.1. The van der Waals surface area contributed by atoms with Crippen LogP contribution in [-0.2, 0) is 18.0 Å². The molecule has 1 saturated carbocycles. The van der Waals surface area contributed by atoms with Crippen molar-refractivity contribution in [3.05, 3.63) is 46.4 Å². The first-order valence-electron chi connectivity index (χ1n) is 16.9. The molecule has 2 atom stereocenters. The molecule has 9 rings (SSSR count). The van der Waals surface area contributed by atoms with Crippen LogP contribution in [0.3, 0.4) is 0 Å². The van der Waals surface area contributed by atoms with Crippen molar-refractivity contribution in [2.75, 3.05) is 50.0 Å². The molecule has 14 heteroatoms. The minimum Gasteiger partial charge on any atom is -0.463 e. The number of piperidine rings is 1. The lowest BCUT2D eigenvalue weighted by molar-refractivity contribution is 0.135. The molecule has 3 saturated heterocycles. The van der Waals surface area contributed by atoms with Crippen LogP contribution in [0.4, 0.5) is 24.0 Å². The Balaban J connectivity index is 1.17. The smallest absolute Gasteiger partial charge is 0.319 e. The summed E-state index contributed by atoms with van der Waals surface area (Å²) in [5, 5.41) is 14.4. The van der Waals surface area contributed by atoms with E-state index in [0.717, 1.165) is 106 Å². The summed E-state index contributed by atoms with van der Waals surface area (Å²) >= 11 is 0.946. The van der Waals surface area contributed by atoms with Crippen molar-refractivity contribution in [1.29, 1.82) is 5.26 Å². The Hall–Kier alpha value is -4.03. The monoisotopic (exact) mass is 688 g/mol. The van der Waals surface area contributed by atoms with Gasteiger partial charge in [-0.05, 0) is 55.2 Å². The molecule has 10 nitrogen and oxygen atoms in total. The van der Waals surface area contributed by atoms with Crippen molar-refractivity contribution in [3.8, 4) is 23.3 Å².